The summed E-state index contributed by atoms with van der Waals surface area (Å²) in [5.74, 6) is -0.175. The van der Waals surface area contributed by atoms with Gasteiger partial charge in [0, 0.05) is 22.6 Å². The van der Waals surface area contributed by atoms with Gasteiger partial charge in [0.25, 0.3) is 5.91 Å². The predicted molar refractivity (Wildman–Crippen MR) is 119 cm³/mol. The van der Waals surface area contributed by atoms with Gasteiger partial charge in [0.1, 0.15) is 0 Å². The minimum atomic E-state index is -0.175. The summed E-state index contributed by atoms with van der Waals surface area (Å²) in [5, 5.41) is 1.72. The highest BCUT2D eigenvalue weighted by atomic mass is 79.9. The number of nitrogens with zero attached hydrogens (tertiary/aromatic N) is 3. The normalized spacial score (nSPS) is 11.4. The van der Waals surface area contributed by atoms with E-state index in [2.05, 4.69) is 15.9 Å². The SMILES string of the molecule is Cc1c(Cl)ccc2sc(N(CCN(C)C)C(=O)c3cc(Br)ccc3Cl)nc12. The molecule has 1 aromatic heterocycles. The Balaban J connectivity index is 2.07. The number of carbonyl (C=O) groups excluding carboxylic acids is 1. The molecule has 4 nitrogen and oxygen atoms in total. The second-order valence-corrected chi connectivity index (χ2v) is 9.14. The minimum absolute atomic E-state index is 0.175. The fourth-order valence-electron chi connectivity index (χ4n) is 2.60. The second-order valence-electron chi connectivity index (χ2n) is 6.40. The van der Waals surface area contributed by atoms with Crippen LogP contribution in [0.2, 0.25) is 10.0 Å². The maximum Gasteiger partial charge on any atom is 0.261 e. The molecule has 1 heterocycles. The third kappa shape index (κ3) is 4.46. The summed E-state index contributed by atoms with van der Waals surface area (Å²) < 4.78 is 1.80. The summed E-state index contributed by atoms with van der Waals surface area (Å²) in [5.41, 5.74) is 2.18. The molecule has 3 rings (SSSR count). The summed E-state index contributed by atoms with van der Waals surface area (Å²) in [4.78, 5) is 21.7. The highest BCUT2D eigenvalue weighted by molar-refractivity contribution is 9.10. The summed E-state index contributed by atoms with van der Waals surface area (Å²) in [7, 11) is 3.94. The number of rotatable bonds is 5. The Morgan fingerprint density at radius 2 is 1.85 bits per heavy atom. The number of fused-ring (bicyclic) bond motifs is 1. The highest BCUT2D eigenvalue weighted by Crippen LogP contribution is 2.34. The maximum atomic E-state index is 13.3. The number of hydrogen-bond acceptors (Lipinski definition) is 4. The van der Waals surface area contributed by atoms with Gasteiger partial charge in [-0.05, 0) is 56.9 Å². The molecule has 0 radical (unpaired) electrons. The molecule has 0 fully saturated rings. The Morgan fingerprint density at radius 3 is 2.56 bits per heavy atom. The molecule has 0 saturated carbocycles. The standard InChI is InChI=1S/C19H18BrCl2N3OS/c1-11-14(21)6-7-16-17(11)23-19(27-16)25(9-8-24(2)3)18(26)13-10-12(20)4-5-15(13)22/h4-7,10H,8-9H2,1-3H3. The molecule has 3 aromatic rings. The van der Waals surface area contributed by atoms with Gasteiger partial charge in [-0.15, -0.1) is 0 Å². The summed E-state index contributed by atoms with van der Waals surface area (Å²) in [6.07, 6.45) is 0. The van der Waals surface area contributed by atoms with Crippen LogP contribution in [0.4, 0.5) is 5.13 Å². The molecule has 0 aliphatic carbocycles. The predicted octanol–water partition coefficient (Wildman–Crippen LogP) is 5.88. The zero-order valence-electron chi connectivity index (χ0n) is 15.1. The first-order chi connectivity index (χ1) is 12.8. The van der Waals surface area contributed by atoms with E-state index in [4.69, 9.17) is 28.2 Å². The Hall–Kier alpha value is -1.18. The van der Waals surface area contributed by atoms with Gasteiger partial charge >= 0.3 is 0 Å². The average molecular weight is 487 g/mol. The number of thiazole rings is 1. The van der Waals surface area contributed by atoms with Gasteiger partial charge in [0.2, 0.25) is 0 Å². The van der Waals surface area contributed by atoms with Crippen molar-refractivity contribution in [1.29, 1.82) is 0 Å². The van der Waals surface area contributed by atoms with E-state index in [1.807, 2.05) is 44.1 Å². The van der Waals surface area contributed by atoms with E-state index in [-0.39, 0.29) is 5.91 Å². The highest BCUT2D eigenvalue weighted by Gasteiger charge is 2.24. The largest absolute Gasteiger partial charge is 0.308 e. The zero-order chi connectivity index (χ0) is 19.7. The van der Waals surface area contributed by atoms with Crippen LogP contribution >= 0.6 is 50.5 Å². The second kappa shape index (κ2) is 8.45. The Bertz CT molecular complexity index is 1010. The number of aryl methyl sites for hydroxylation is 1. The van der Waals surface area contributed by atoms with Crippen molar-refractivity contribution >= 4 is 71.7 Å². The van der Waals surface area contributed by atoms with Crippen LogP contribution in [0, 0.1) is 6.92 Å². The van der Waals surface area contributed by atoms with Crippen LogP contribution in [0.1, 0.15) is 15.9 Å². The molecule has 0 spiro atoms. The molecule has 1 amide bonds. The topological polar surface area (TPSA) is 36.4 Å². The Kier molecular flexibility index (Phi) is 6.43. The molecule has 0 aliphatic heterocycles. The van der Waals surface area contributed by atoms with E-state index < -0.39 is 0 Å². The number of hydrogen-bond donors (Lipinski definition) is 0. The van der Waals surface area contributed by atoms with Gasteiger partial charge in [-0.2, -0.15) is 0 Å². The molecule has 142 valence electrons. The smallest absolute Gasteiger partial charge is 0.261 e. The van der Waals surface area contributed by atoms with Crippen LogP contribution in [-0.4, -0.2) is 43.0 Å². The van der Waals surface area contributed by atoms with E-state index in [0.29, 0.717) is 33.8 Å². The summed E-state index contributed by atoms with van der Waals surface area (Å²) >= 11 is 17.4. The van der Waals surface area contributed by atoms with Gasteiger partial charge in [-0.3, -0.25) is 9.69 Å². The van der Waals surface area contributed by atoms with E-state index in [9.17, 15) is 4.79 Å². The number of benzene rings is 2. The quantitative estimate of drug-likeness (QED) is 0.451. The van der Waals surface area contributed by atoms with Crippen molar-refractivity contribution in [3.05, 3.63) is 56.0 Å². The van der Waals surface area contributed by atoms with Crippen molar-refractivity contribution in [2.75, 3.05) is 32.1 Å². The van der Waals surface area contributed by atoms with Crippen molar-refractivity contribution in [2.45, 2.75) is 6.92 Å². The molecular weight excluding hydrogens is 469 g/mol. The molecule has 0 saturated heterocycles. The zero-order valence-corrected chi connectivity index (χ0v) is 19.0. The van der Waals surface area contributed by atoms with Crippen LogP contribution in [0.15, 0.2) is 34.8 Å². The van der Waals surface area contributed by atoms with Gasteiger partial charge < -0.3 is 4.90 Å². The molecule has 0 atom stereocenters. The van der Waals surface area contributed by atoms with Gasteiger partial charge in [0.15, 0.2) is 5.13 Å². The number of amides is 1. The molecule has 0 unspecified atom stereocenters. The molecule has 0 bridgehead atoms. The minimum Gasteiger partial charge on any atom is -0.308 e. The number of anilines is 1. The van der Waals surface area contributed by atoms with Crippen LogP contribution < -0.4 is 4.90 Å². The van der Waals surface area contributed by atoms with Crippen molar-refractivity contribution in [3.8, 4) is 0 Å². The lowest BCUT2D eigenvalue weighted by Gasteiger charge is -2.22. The van der Waals surface area contributed by atoms with Crippen molar-refractivity contribution in [2.24, 2.45) is 0 Å². The van der Waals surface area contributed by atoms with Gasteiger partial charge in [0.05, 0.1) is 20.8 Å². The molecule has 0 aliphatic rings. The Labute approximate surface area is 180 Å². The van der Waals surface area contributed by atoms with E-state index in [1.54, 1.807) is 17.0 Å². The lowest BCUT2D eigenvalue weighted by Crippen LogP contribution is -2.36. The summed E-state index contributed by atoms with van der Waals surface area (Å²) in [6, 6.07) is 9.06. The number of carbonyl (C=O) groups is 1. The Morgan fingerprint density at radius 1 is 1.15 bits per heavy atom. The first kappa shape index (κ1) is 20.6. The van der Waals surface area contributed by atoms with Crippen molar-refractivity contribution in [1.82, 2.24) is 9.88 Å². The molecule has 2 aromatic carbocycles. The first-order valence-corrected chi connectivity index (χ1v) is 10.6. The van der Waals surface area contributed by atoms with Crippen LogP contribution in [0.25, 0.3) is 10.2 Å². The summed E-state index contributed by atoms with van der Waals surface area (Å²) in [6.45, 7) is 3.14. The molecular formula is C19H18BrCl2N3OS. The van der Waals surface area contributed by atoms with Gasteiger partial charge in [-0.25, -0.2) is 4.98 Å². The van der Waals surface area contributed by atoms with Crippen LogP contribution in [0.5, 0.6) is 0 Å². The lowest BCUT2D eigenvalue weighted by molar-refractivity contribution is 0.0985. The first-order valence-electron chi connectivity index (χ1n) is 8.25. The number of halogens is 3. The monoisotopic (exact) mass is 485 g/mol. The van der Waals surface area contributed by atoms with Gasteiger partial charge in [-0.1, -0.05) is 50.5 Å². The number of likely N-dealkylation sites (N-methyl/N-ethyl adjacent to an activating group) is 1. The maximum absolute atomic E-state index is 13.3. The molecule has 8 heteroatoms. The van der Waals surface area contributed by atoms with E-state index >= 15 is 0 Å². The molecule has 0 N–H and O–H groups in total. The third-order valence-corrected chi connectivity index (χ3v) is 6.42. The average Bonchev–Trinajstić information content (AvgIpc) is 3.04. The van der Waals surface area contributed by atoms with Crippen LogP contribution in [-0.2, 0) is 0 Å². The number of aromatic nitrogens is 1. The van der Waals surface area contributed by atoms with E-state index in [1.165, 1.54) is 11.3 Å². The van der Waals surface area contributed by atoms with E-state index in [0.717, 1.165) is 20.3 Å². The fourth-order valence-corrected chi connectivity index (χ4v) is 4.36. The van der Waals surface area contributed by atoms with Crippen molar-refractivity contribution in [3.63, 3.8) is 0 Å². The lowest BCUT2D eigenvalue weighted by atomic mass is 10.2. The molecule has 27 heavy (non-hydrogen) atoms. The third-order valence-electron chi connectivity index (χ3n) is 4.14. The fraction of sp³-hybridized carbons (Fsp3) is 0.263. The van der Waals surface area contributed by atoms with Crippen molar-refractivity contribution < 1.29 is 4.79 Å². The van der Waals surface area contributed by atoms with Crippen LogP contribution in [0.3, 0.4) is 0 Å².